The Morgan fingerprint density at radius 1 is 1.03 bits per heavy atom. The molecule has 1 spiro atoms. The molecule has 1 N–H and O–H groups in total. The number of nitrogens with one attached hydrogen (secondary N) is 1. The smallest absolute Gasteiger partial charge is 0.253 e. The number of hydrogen-bond acceptors (Lipinski definition) is 6. The van der Waals surface area contributed by atoms with Gasteiger partial charge in [-0.3, -0.25) is 9.69 Å². The number of rotatable bonds is 6. The van der Waals surface area contributed by atoms with Gasteiger partial charge in [0.25, 0.3) is 5.56 Å². The van der Waals surface area contributed by atoms with E-state index in [-0.39, 0.29) is 11.6 Å². The number of methoxy groups -OCH3 is 1. The molecule has 2 aromatic heterocycles. The monoisotopic (exact) mass is 498 g/mol. The minimum Gasteiger partial charge on any atom is -0.497 e. The van der Waals surface area contributed by atoms with Gasteiger partial charge in [0.15, 0.2) is 5.82 Å². The van der Waals surface area contributed by atoms with Gasteiger partial charge in [0.2, 0.25) is 0 Å². The van der Waals surface area contributed by atoms with Crippen LogP contribution in [0.3, 0.4) is 0 Å². The summed E-state index contributed by atoms with van der Waals surface area (Å²) in [6, 6.07) is 17.7. The topological polar surface area (TPSA) is 88.9 Å². The van der Waals surface area contributed by atoms with Gasteiger partial charge in [-0.2, -0.15) is 0 Å². The molecule has 0 amide bonds. The quantitative estimate of drug-likeness (QED) is 0.414. The Hall–Kier alpha value is -3.52. The number of benzene rings is 2. The number of fused-ring (bicyclic) bond motifs is 1. The van der Waals surface area contributed by atoms with Crippen LogP contribution in [0.1, 0.15) is 67.9 Å². The molecule has 2 fully saturated rings. The van der Waals surface area contributed by atoms with Crippen molar-refractivity contribution >= 4 is 10.9 Å². The molecule has 1 saturated carbocycles. The second kappa shape index (κ2) is 10.1. The minimum absolute atomic E-state index is 0.108. The van der Waals surface area contributed by atoms with Crippen LogP contribution in [0.15, 0.2) is 59.4 Å². The Morgan fingerprint density at radius 2 is 1.84 bits per heavy atom. The van der Waals surface area contributed by atoms with Crippen molar-refractivity contribution < 1.29 is 4.74 Å². The van der Waals surface area contributed by atoms with Gasteiger partial charge in [0, 0.05) is 18.2 Å². The van der Waals surface area contributed by atoms with Crippen molar-refractivity contribution in [1.29, 1.82) is 0 Å². The Morgan fingerprint density at radius 3 is 2.65 bits per heavy atom. The van der Waals surface area contributed by atoms with Crippen molar-refractivity contribution in [3.63, 3.8) is 0 Å². The Bertz CT molecular complexity index is 1420. The van der Waals surface area contributed by atoms with E-state index in [2.05, 4.69) is 37.5 Å². The van der Waals surface area contributed by atoms with E-state index >= 15 is 0 Å². The number of ether oxygens (including phenoxy) is 1. The van der Waals surface area contributed by atoms with Crippen molar-refractivity contribution in [3.8, 4) is 5.75 Å². The van der Waals surface area contributed by atoms with Crippen LogP contribution in [0.25, 0.3) is 10.9 Å². The predicted octanol–water partition coefficient (Wildman–Crippen LogP) is 4.71. The van der Waals surface area contributed by atoms with Gasteiger partial charge >= 0.3 is 0 Å². The van der Waals surface area contributed by atoms with E-state index in [4.69, 9.17) is 4.74 Å². The molecule has 37 heavy (non-hydrogen) atoms. The molecule has 1 saturated heterocycles. The maximum absolute atomic E-state index is 13.6. The molecule has 8 heteroatoms. The van der Waals surface area contributed by atoms with E-state index in [1.54, 1.807) is 7.11 Å². The van der Waals surface area contributed by atoms with Crippen LogP contribution in [0.5, 0.6) is 5.75 Å². The zero-order chi connectivity index (χ0) is 25.2. The third kappa shape index (κ3) is 4.78. The summed E-state index contributed by atoms with van der Waals surface area (Å²) in [7, 11) is 1.63. The first kappa shape index (κ1) is 23.9. The van der Waals surface area contributed by atoms with Crippen molar-refractivity contribution in [2.24, 2.45) is 5.41 Å². The van der Waals surface area contributed by atoms with Crippen molar-refractivity contribution in [2.45, 2.75) is 57.5 Å². The Balaban J connectivity index is 1.45. The van der Waals surface area contributed by atoms with E-state index in [0.717, 1.165) is 47.6 Å². The largest absolute Gasteiger partial charge is 0.497 e. The molecule has 3 heterocycles. The molecular formula is C29H34N6O2. The fourth-order valence-electron chi connectivity index (χ4n) is 6.48. The van der Waals surface area contributed by atoms with Crippen LogP contribution in [0.4, 0.5) is 0 Å². The number of hydrogen-bond donors (Lipinski definition) is 1. The zero-order valence-corrected chi connectivity index (χ0v) is 21.4. The predicted molar refractivity (Wildman–Crippen MR) is 143 cm³/mol. The maximum atomic E-state index is 13.6. The summed E-state index contributed by atoms with van der Waals surface area (Å²) in [5.41, 5.74) is 2.79. The van der Waals surface area contributed by atoms with Crippen molar-refractivity contribution in [2.75, 3.05) is 20.2 Å². The molecule has 1 atom stereocenters. The van der Waals surface area contributed by atoms with E-state index in [0.29, 0.717) is 17.5 Å². The summed E-state index contributed by atoms with van der Waals surface area (Å²) < 4.78 is 7.23. The molecule has 6 rings (SSSR count). The van der Waals surface area contributed by atoms with E-state index in [9.17, 15) is 4.79 Å². The first-order valence-electron chi connectivity index (χ1n) is 13.4. The van der Waals surface area contributed by atoms with Gasteiger partial charge < -0.3 is 9.72 Å². The van der Waals surface area contributed by atoms with Gasteiger partial charge in [-0.1, -0.05) is 49.6 Å². The zero-order valence-electron chi connectivity index (χ0n) is 21.4. The molecule has 0 unspecified atom stereocenters. The molecule has 1 aliphatic heterocycles. The number of tetrazole rings is 1. The van der Waals surface area contributed by atoms with Gasteiger partial charge in [-0.15, -0.1) is 5.10 Å². The summed E-state index contributed by atoms with van der Waals surface area (Å²) in [5.74, 6) is 1.43. The highest BCUT2D eigenvalue weighted by atomic mass is 16.5. The SMILES string of the molecule is COc1ccc2cc([C@@H](c3nnnn3Cc3ccccc3)N3CCCC4(CCCCC4)C3)c(=O)[nH]c2c1. The highest BCUT2D eigenvalue weighted by Gasteiger charge is 2.41. The highest BCUT2D eigenvalue weighted by molar-refractivity contribution is 5.80. The summed E-state index contributed by atoms with van der Waals surface area (Å²) in [4.78, 5) is 19.2. The maximum Gasteiger partial charge on any atom is 0.253 e. The standard InChI is InChI=1S/C29H34N6O2/c1-37-23-12-11-22-17-24(28(36)30-25(22)18-23)26(34-16-8-15-29(20-34)13-6-3-7-14-29)27-31-32-33-35(27)19-21-9-4-2-5-10-21/h2,4-5,9-12,17-18,26H,3,6-8,13-16,19-20H2,1H3,(H,30,36)/t26-/m0/s1. The number of likely N-dealkylation sites (tertiary alicyclic amines) is 1. The lowest BCUT2D eigenvalue weighted by atomic mass is 9.69. The van der Waals surface area contributed by atoms with Crippen LogP contribution >= 0.6 is 0 Å². The summed E-state index contributed by atoms with van der Waals surface area (Å²) in [6.45, 7) is 2.45. The first-order chi connectivity index (χ1) is 18.1. The number of aromatic amines is 1. The summed E-state index contributed by atoms with van der Waals surface area (Å²) >= 11 is 0. The van der Waals surface area contributed by atoms with Crippen LogP contribution in [0, 0.1) is 5.41 Å². The van der Waals surface area contributed by atoms with Crippen LogP contribution < -0.4 is 10.3 Å². The van der Waals surface area contributed by atoms with E-state index in [1.165, 1.54) is 38.5 Å². The molecule has 8 nitrogen and oxygen atoms in total. The molecule has 4 aromatic rings. The van der Waals surface area contributed by atoms with Gasteiger partial charge in [0.05, 0.1) is 19.2 Å². The van der Waals surface area contributed by atoms with Crippen molar-refractivity contribution in [3.05, 3.63) is 81.9 Å². The Kier molecular flexibility index (Phi) is 6.50. The first-order valence-corrected chi connectivity index (χ1v) is 13.4. The second-order valence-electron chi connectivity index (χ2n) is 10.7. The molecule has 0 bridgehead atoms. The van der Waals surface area contributed by atoms with Crippen LogP contribution in [-0.2, 0) is 6.54 Å². The summed E-state index contributed by atoms with van der Waals surface area (Å²) in [6.07, 6.45) is 8.83. The van der Waals surface area contributed by atoms with E-state index in [1.807, 2.05) is 47.1 Å². The molecular weight excluding hydrogens is 464 g/mol. The fourth-order valence-corrected chi connectivity index (χ4v) is 6.48. The number of H-pyrrole nitrogens is 1. The molecule has 2 aliphatic rings. The normalized spacial score (nSPS) is 18.7. The lowest BCUT2D eigenvalue weighted by Crippen LogP contribution is -2.47. The van der Waals surface area contributed by atoms with Crippen molar-refractivity contribution in [1.82, 2.24) is 30.1 Å². The number of pyridine rings is 1. The second-order valence-corrected chi connectivity index (χ2v) is 10.7. The average molecular weight is 499 g/mol. The van der Waals surface area contributed by atoms with Gasteiger partial charge in [0.1, 0.15) is 11.8 Å². The Labute approximate surface area is 216 Å². The lowest BCUT2D eigenvalue weighted by Gasteiger charge is -2.47. The third-order valence-corrected chi connectivity index (χ3v) is 8.33. The lowest BCUT2D eigenvalue weighted by molar-refractivity contribution is 0.0340. The molecule has 2 aromatic carbocycles. The number of aromatic nitrogens is 5. The van der Waals surface area contributed by atoms with Gasteiger partial charge in [-0.05, 0) is 77.2 Å². The summed E-state index contributed by atoms with van der Waals surface area (Å²) in [5, 5.41) is 14.0. The highest BCUT2D eigenvalue weighted by Crippen LogP contribution is 2.45. The average Bonchev–Trinajstić information content (AvgIpc) is 3.37. The van der Waals surface area contributed by atoms with E-state index < -0.39 is 0 Å². The number of nitrogens with zero attached hydrogens (tertiary/aromatic N) is 5. The van der Waals surface area contributed by atoms with Crippen LogP contribution in [0.2, 0.25) is 0 Å². The number of piperidine rings is 1. The third-order valence-electron chi connectivity index (χ3n) is 8.33. The van der Waals surface area contributed by atoms with Crippen LogP contribution in [-0.4, -0.2) is 50.3 Å². The fraction of sp³-hybridized carbons (Fsp3) is 0.448. The molecule has 1 aliphatic carbocycles. The minimum atomic E-state index is -0.326. The molecule has 192 valence electrons. The molecule has 0 radical (unpaired) electrons. The van der Waals surface area contributed by atoms with Gasteiger partial charge in [-0.25, -0.2) is 4.68 Å².